The Labute approximate surface area is 199 Å². The average Bonchev–Trinajstić information content (AvgIpc) is 2.83. The van der Waals surface area contributed by atoms with Crippen LogP contribution >= 0.6 is 0 Å². The Morgan fingerprint density at radius 1 is 1.06 bits per heavy atom. The number of carboxylic acids is 2. The third kappa shape index (κ3) is 7.20. The van der Waals surface area contributed by atoms with Crippen molar-refractivity contribution < 1.29 is 29.7 Å². The van der Waals surface area contributed by atoms with Crippen LogP contribution in [0.5, 0.6) is 0 Å². The van der Waals surface area contributed by atoms with Gasteiger partial charge in [0.05, 0.1) is 18.4 Å². The van der Waals surface area contributed by atoms with Gasteiger partial charge in [-0.15, -0.1) is 0 Å². The number of nitrogens with zero attached hydrogens (tertiary/aromatic N) is 5. The highest BCUT2D eigenvalue weighted by atomic mass is 16.4. The lowest BCUT2D eigenvalue weighted by atomic mass is 10.1. The molecule has 35 heavy (non-hydrogen) atoms. The van der Waals surface area contributed by atoms with Crippen LogP contribution in [-0.2, 0) is 16.1 Å². The fourth-order valence-electron chi connectivity index (χ4n) is 3.03. The molecule has 186 valence electrons. The van der Waals surface area contributed by atoms with Crippen LogP contribution in [0.3, 0.4) is 0 Å². The molecule has 0 saturated heterocycles. The molecule has 1 atom stereocenters. The van der Waals surface area contributed by atoms with E-state index < -0.39 is 23.9 Å². The van der Waals surface area contributed by atoms with Gasteiger partial charge in [0, 0.05) is 31.8 Å². The van der Waals surface area contributed by atoms with Gasteiger partial charge in [-0.05, 0) is 30.7 Å². The number of fused-ring (bicyclic) bond motifs is 1. The number of nitrogen functional groups attached to an aromatic ring is 2. The van der Waals surface area contributed by atoms with E-state index >= 15 is 0 Å². The van der Waals surface area contributed by atoms with Crippen molar-refractivity contribution in [3.05, 3.63) is 41.7 Å². The molecule has 2 aromatic heterocycles. The Morgan fingerprint density at radius 3 is 2.31 bits per heavy atom. The Morgan fingerprint density at radius 2 is 1.71 bits per heavy atom. The van der Waals surface area contributed by atoms with E-state index in [4.69, 9.17) is 21.7 Å². The number of hydrogen-bond donors (Lipinski definition) is 6. The molecule has 1 unspecified atom stereocenters. The second-order valence-electron chi connectivity index (χ2n) is 7.20. The summed E-state index contributed by atoms with van der Waals surface area (Å²) >= 11 is 0. The number of carbonyl (C=O) groups excluding carboxylic acids is 1. The molecule has 14 nitrogen and oxygen atoms in total. The number of nitrogens with one attached hydrogen (secondary N) is 1. The Bertz CT molecular complexity index is 1200. The molecule has 0 spiro atoms. The molecule has 1 amide bonds. The first-order valence-electron chi connectivity index (χ1n) is 10.2. The van der Waals surface area contributed by atoms with Gasteiger partial charge in [-0.25, -0.2) is 14.8 Å². The summed E-state index contributed by atoms with van der Waals surface area (Å²) < 4.78 is 0. The summed E-state index contributed by atoms with van der Waals surface area (Å²) in [6.07, 6.45) is 0.964. The second kappa shape index (κ2) is 12.0. The lowest BCUT2D eigenvalue weighted by Gasteiger charge is -2.19. The summed E-state index contributed by atoms with van der Waals surface area (Å²) in [4.78, 5) is 52.7. The first kappa shape index (κ1) is 26.7. The lowest BCUT2D eigenvalue weighted by molar-refractivity contribution is -0.140. The van der Waals surface area contributed by atoms with Gasteiger partial charge in [-0.3, -0.25) is 9.59 Å². The van der Waals surface area contributed by atoms with Gasteiger partial charge in [0.15, 0.2) is 17.0 Å². The Balaban J connectivity index is 0.00000210. The number of aliphatic hydroxyl groups excluding tert-OH is 1. The smallest absolute Gasteiger partial charge is 0.326 e. The number of hydrogen-bond acceptors (Lipinski definition) is 11. The number of rotatable bonds is 9. The molecule has 0 bridgehead atoms. The number of benzene rings is 1. The number of nitrogens with two attached hydrogens (primary N) is 2. The van der Waals surface area contributed by atoms with E-state index in [9.17, 15) is 19.5 Å². The number of carboxylic acid groups (broad SMARTS) is 2. The molecule has 0 radical (unpaired) electrons. The molecule has 0 fully saturated rings. The lowest BCUT2D eigenvalue weighted by Crippen LogP contribution is -2.41. The van der Waals surface area contributed by atoms with Crippen molar-refractivity contribution in [2.24, 2.45) is 0 Å². The number of anilines is 3. The zero-order valence-corrected chi connectivity index (χ0v) is 19.0. The highest BCUT2D eigenvalue weighted by Gasteiger charge is 2.21. The maximum absolute atomic E-state index is 12.4. The van der Waals surface area contributed by atoms with Gasteiger partial charge in [0.1, 0.15) is 6.04 Å². The first-order valence-corrected chi connectivity index (χ1v) is 10.2. The van der Waals surface area contributed by atoms with Crippen molar-refractivity contribution in [1.29, 1.82) is 0 Å². The second-order valence-corrected chi connectivity index (χ2v) is 7.20. The van der Waals surface area contributed by atoms with E-state index in [1.807, 2.05) is 11.9 Å². The molecule has 0 aliphatic heterocycles. The van der Waals surface area contributed by atoms with Crippen molar-refractivity contribution in [3.8, 4) is 0 Å². The number of carbonyl (C=O) groups is 3. The largest absolute Gasteiger partial charge is 0.481 e. The van der Waals surface area contributed by atoms with Crippen LogP contribution in [0.25, 0.3) is 11.2 Å². The quantitative estimate of drug-likeness (QED) is 0.232. The van der Waals surface area contributed by atoms with Gasteiger partial charge in [0.2, 0.25) is 5.95 Å². The highest BCUT2D eigenvalue weighted by Crippen LogP contribution is 2.19. The summed E-state index contributed by atoms with van der Waals surface area (Å²) in [5, 5.41) is 27.2. The maximum atomic E-state index is 12.4. The fourth-order valence-corrected chi connectivity index (χ4v) is 3.03. The Hall–Kier alpha value is -4.59. The minimum Gasteiger partial charge on any atom is -0.481 e. The third-order valence-electron chi connectivity index (χ3n) is 4.72. The molecular formula is C21H26N8O6. The number of aliphatic hydroxyl groups is 1. The normalized spacial score (nSPS) is 11.2. The molecule has 0 saturated carbocycles. The summed E-state index contributed by atoms with van der Waals surface area (Å²) in [5.74, 6) is -2.91. The number of amides is 1. The van der Waals surface area contributed by atoms with Gasteiger partial charge < -0.3 is 37.0 Å². The van der Waals surface area contributed by atoms with E-state index in [1.165, 1.54) is 12.1 Å². The van der Waals surface area contributed by atoms with Crippen molar-refractivity contribution in [2.45, 2.75) is 25.4 Å². The number of aliphatic carboxylic acids is 2. The van der Waals surface area contributed by atoms with Crippen LogP contribution in [-0.4, -0.2) is 73.3 Å². The summed E-state index contributed by atoms with van der Waals surface area (Å²) in [7, 11) is 2.82. The zero-order chi connectivity index (χ0) is 26.1. The molecule has 8 N–H and O–H groups in total. The molecule has 3 rings (SSSR count). The van der Waals surface area contributed by atoms with Crippen molar-refractivity contribution in [3.63, 3.8) is 0 Å². The van der Waals surface area contributed by atoms with Crippen LogP contribution in [0.4, 0.5) is 17.5 Å². The molecule has 3 aromatic rings. The average molecular weight is 486 g/mol. The van der Waals surface area contributed by atoms with E-state index in [1.54, 1.807) is 18.3 Å². The molecule has 0 aliphatic carbocycles. The molecule has 2 heterocycles. The van der Waals surface area contributed by atoms with E-state index in [-0.39, 0.29) is 30.2 Å². The van der Waals surface area contributed by atoms with Crippen molar-refractivity contribution >= 4 is 46.5 Å². The summed E-state index contributed by atoms with van der Waals surface area (Å²) in [6.45, 7) is 0.370. The van der Waals surface area contributed by atoms with Gasteiger partial charge >= 0.3 is 11.9 Å². The molecule has 14 heteroatoms. The highest BCUT2D eigenvalue weighted by molar-refractivity contribution is 5.97. The first-order chi connectivity index (χ1) is 16.6. The number of aromatic nitrogens is 4. The topological polar surface area (TPSA) is 231 Å². The zero-order valence-electron chi connectivity index (χ0n) is 19.0. The van der Waals surface area contributed by atoms with Crippen molar-refractivity contribution in [2.75, 3.05) is 30.5 Å². The van der Waals surface area contributed by atoms with Crippen LogP contribution in [0, 0.1) is 0 Å². The van der Waals surface area contributed by atoms with Gasteiger partial charge in [-0.1, -0.05) is 0 Å². The maximum Gasteiger partial charge on any atom is 0.326 e. The van der Waals surface area contributed by atoms with Crippen LogP contribution in [0.2, 0.25) is 0 Å². The van der Waals surface area contributed by atoms with Crippen molar-refractivity contribution in [1.82, 2.24) is 25.3 Å². The minimum absolute atomic E-state index is 0.0138. The van der Waals surface area contributed by atoms with Crippen LogP contribution < -0.4 is 21.7 Å². The third-order valence-corrected chi connectivity index (χ3v) is 4.72. The summed E-state index contributed by atoms with van der Waals surface area (Å²) in [5.41, 5.74) is 13.7. The van der Waals surface area contributed by atoms with E-state index in [0.29, 0.717) is 23.4 Å². The molecule has 1 aromatic carbocycles. The van der Waals surface area contributed by atoms with Crippen LogP contribution in [0.1, 0.15) is 28.9 Å². The fraction of sp³-hybridized carbons (Fsp3) is 0.286. The standard InChI is InChI=1S/C20H22N8O5.CH4O/c1-28(9-11-8-23-17-15(24-11)16(21)26-20(22)27-17)12-4-2-10(3-5-12)18(31)25-13(19(32)33)6-7-14(29)30;1-2/h2-5,8,13H,6-7,9H2,1H3,(H,25,31)(H,29,30)(H,32,33)(H4,21,22,23,26,27);2H,1H3. The predicted octanol–water partition coefficient (Wildman–Crippen LogP) is -0.123. The monoisotopic (exact) mass is 486 g/mol. The molecular weight excluding hydrogens is 460 g/mol. The SMILES string of the molecule is CN(Cc1cnc2nc(N)nc(N)c2n1)c1ccc(C(=O)NC(CCC(=O)O)C(=O)O)cc1.CO. The van der Waals surface area contributed by atoms with Gasteiger partial charge in [0.25, 0.3) is 5.91 Å². The summed E-state index contributed by atoms with van der Waals surface area (Å²) in [6, 6.07) is 5.16. The van der Waals surface area contributed by atoms with E-state index in [2.05, 4.69) is 25.3 Å². The Kier molecular flexibility index (Phi) is 9.17. The molecule has 0 aliphatic rings. The minimum atomic E-state index is -1.30. The van der Waals surface area contributed by atoms with Crippen LogP contribution in [0.15, 0.2) is 30.5 Å². The predicted molar refractivity (Wildman–Crippen MR) is 126 cm³/mol. The van der Waals surface area contributed by atoms with E-state index in [0.717, 1.165) is 12.8 Å². The van der Waals surface area contributed by atoms with Gasteiger partial charge in [-0.2, -0.15) is 9.97 Å².